The monoisotopic (exact) mass is 224 g/mol. The highest BCUT2D eigenvalue weighted by Crippen LogP contribution is 2.00. The van der Waals surface area contributed by atoms with Gasteiger partial charge in [-0.25, -0.2) is 4.98 Å². The molecule has 5 heteroatoms. The fourth-order valence-corrected chi connectivity index (χ4v) is 1.49. The van der Waals surface area contributed by atoms with Crippen LogP contribution < -0.4 is 16.6 Å². The third-order valence-corrected chi connectivity index (χ3v) is 2.29. The first-order valence-electron chi connectivity index (χ1n) is 5.74. The zero-order valence-electron chi connectivity index (χ0n) is 9.75. The number of rotatable bonds is 7. The number of nitrogens with zero attached hydrogens (tertiary/aromatic N) is 1. The van der Waals surface area contributed by atoms with Crippen LogP contribution in [0.25, 0.3) is 0 Å². The van der Waals surface area contributed by atoms with Crippen LogP contribution >= 0.6 is 0 Å². The van der Waals surface area contributed by atoms with Crippen LogP contribution in [0, 0.1) is 6.92 Å². The number of aryl methyl sites for hydroxylation is 1. The Morgan fingerprint density at radius 1 is 1.38 bits per heavy atom. The highest BCUT2D eigenvalue weighted by molar-refractivity contribution is 5.24. The zero-order chi connectivity index (χ0) is 11.8. The van der Waals surface area contributed by atoms with Crippen molar-refractivity contribution in [1.82, 2.24) is 9.97 Å². The molecule has 0 aliphatic carbocycles. The van der Waals surface area contributed by atoms with E-state index in [4.69, 9.17) is 5.73 Å². The molecule has 0 aromatic carbocycles. The molecule has 0 bridgehead atoms. The molecule has 0 spiro atoms. The zero-order valence-corrected chi connectivity index (χ0v) is 9.75. The number of nitrogens with two attached hydrogens (primary N) is 1. The van der Waals surface area contributed by atoms with E-state index in [-0.39, 0.29) is 5.56 Å². The highest BCUT2D eigenvalue weighted by Gasteiger charge is 1.96. The molecule has 0 saturated carbocycles. The van der Waals surface area contributed by atoms with Crippen molar-refractivity contribution in [2.24, 2.45) is 5.73 Å². The number of aromatic nitrogens is 2. The van der Waals surface area contributed by atoms with Crippen LogP contribution in [0.2, 0.25) is 0 Å². The van der Waals surface area contributed by atoms with Gasteiger partial charge in [0, 0.05) is 18.3 Å². The number of aromatic amines is 1. The molecule has 16 heavy (non-hydrogen) atoms. The summed E-state index contributed by atoms with van der Waals surface area (Å²) < 4.78 is 0. The Balaban J connectivity index is 2.24. The van der Waals surface area contributed by atoms with Gasteiger partial charge < -0.3 is 11.1 Å². The van der Waals surface area contributed by atoms with E-state index in [9.17, 15) is 4.79 Å². The first-order chi connectivity index (χ1) is 7.72. The molecule has 0 saturated heterocycles. The molecule has 0 radical (unpaired) electrons. The number of nitrogens with one attached hydrogen (secondary N) is 2. The Kier molecular flexibility index (Phi) is 5.56. The maximum absolute atomic E-state index is 11.1. The minimum absolute atomic E-state index is 0.113. The fraction of sp³-hybridized carbons (Fsp3) is 0.636. The summed E-state index contributed by atoms with van der Waals surface area (Å²) in [6, 6.07) is 1.48. The molecule has 0 unspecified atom stereocenters. The molecule has 90 valence electrons. The van der Waals surface area contributed by atoms with Gasteiger partial charge >= 0.3 is 0 Å². The summed E-state index contributed by atoms with van der Waals surface area (Å²) in [5.41, 5.74) is 6.02. The lowest BCUT2D eigenvalue weighted by Gasteiger charge is -2.05. The van der Waals surface area contributed by atoms with Gasteiger partial charge in [0.05, 0.1) is 0 Å². The largest absolute Gasteiger partial charge is 0.356 e. The molecule has 1 heterocycles. The maximum Gasteiger partial charge on any atom is 0.252 e. The van der Waals surface area contributed by atoms with Gasteiger partial charge in [0.25, 0.3) is 5.56 Å². The van der Waals surface area contributed by atoms with Gasteiger partial charge in [-0.3, -0.25) is 9.78 Å². The normalized spacial score (nSPS) is 10.4. The van der Waals surface area contributed by atoms with Crippen molar-refractivity contribution in [1.29, 1.82) is 0 Å². The van der Waals surface area contributed by atoms with E-state index in [1.807, 2.05) is 6.92 Å². The Hall–Kier alpha value is -1.36. The Morgan fingerprint density at radius 2 is 2.12 bits per heavy atom. The van der Waals surface area contributed by atoms with Crippen molar-refractivity contribution < 1.29 is 0 Å². The van der Waals surface area contributed by atoms with Crippen LogP contribution in [0.5, 0.6) is 0 Å². The molecule has 1 rings (SSSR count). The second kappa shape index (κ2) is 7.00. The first-order valence-corrected chi connectivity index (χ1v) is 5.74. The Labute approximate surface area is 95.5 Å². The summed E-state index contributed by atoms with van der Waals surface area (Å²) >= 11 is 0. The average Bonchev–Trinajstić information content (AvgIpc) is 2.22. The van der Waals surface area contributed by atoms with Crippen LogP contribution in [-0.4, -0.2) is 23.1 Å². The molecule has 0 amide bonds. The van der Waals surface area contributed by atoms with Crippen molar-refractivity contribution in [2.75, 3.05) is 18.4 Å². The van der Waals surface area contributed by atoms with Crippen molar-refractivity contribution in [3.8, 4) is 0 Å². The molecule has 4 N–H and O–H groups in total. The number of hydrogen-bond acceptors (Lipinski definition) is 4. The van der Waals surface area contributed by atoms with Crippen molar-refractivity contribution in [3.63, 3.8) is 0 Å². The number of anilines is 1. The lowest BCUT2D eigenvalue weighted by atomic mass is 10.2. The minimum Gasteiger partial charge on any atom is -0.356 e. The van der Waals surface area contributed by atoms with Gasteiger partial charge in [0.1, 0.15) is 0 Å². The lowest BCUT2D eigenvalue weighted by Crippen LogP contribution is -2.13. The van der Waals surface area contributed by atoms with E-state index >= 15 is 0 Å². The minimum atomic E-state index is -0.113. The van der Waals surface area contributed by atoms with Crippen molar-refractivity contribution >= 4 is 5.95 Å². The molecule has 0 aliphatic rings. The summed E-state index contributed by atoms with van der Waals surface area (Å²) in [6.45, 7) is 3.40. The fourth-order valence-electron chi connectivity index (χ4n) is 1.49. The van der Waals surface area contributed by atoms with E-state index in [1.165, 1.54) is 6.07 Å². The van der Waals surface area contributed by atoms with Crippen molar-refractivity contribution in [2.45, 2.75) is 32.6 Å². The molecular weight excluding hydrogens is 204 g/mol. The van der Waals surface area contributed by atoms with Crippen LogP contribution in [0.3, 0.4) is 0 Å². The van der Waals surface area contributed by atoms with Crippen LogP contribution in [0.4, 0.5) is 5.95 Å². The summed E-state index contributed by atoms with van der Waals surface area (Å²) in [6.07, 6.45) is 4.47. The summed E-state index contributed by atoms with van der Waals surface area (Å²) in [5, 5.41) is 3.11. The number of hydrogen-bond donors (Lipinski definition) is 3. The smallest absolute Gasteiger partial charge is 0.252 e. The van der Waals surface area contributed by atoms with Gasteiger partial charge in [-0.2, -0.15) is 0 Å². The van der Waals surface area contributed by atoms with Crippen LogP contribution in [-0.2, 0) is 0 Å². The third kappa shape index (κ3) is 4.93. The molecular formula is C11H20N4O. The van der Waals surface area contributed by atoms with Crippen LogP contribution in [0.1, 0.15) is 31.4 Å². The Morgan fingerprint density at radius 3 is 2.81 bits per heavy atom. The lowest BCUT2D eigenvalue weighted by molar-refractivity contribution is 0.660. The van der Waals surface area contributed by atoms with E-state index in [0.717, 1.165) is 44.5 Å². The SMILES string of the molecule is Cc1cc(=O)[nH]c(NCCCCCCN)n1. The molecule has 1 aromatic rings. The van der Waals surface area contributed by atoms with Gasteiger partial charge in [0.2, 0.25) is 5.95 Å². The van der Waals surface area contributed by atoms with Gasteiger partial charge in [0.15, 0.2) is 0 Å². The molecule has 1 aromatic heterocycles. The number of unbranched alkanes of at least 4 members (excludes halogenated alkanes) is 3. The standard InChI is InChI=1S/C11H20N4O/c1-9-8-10(16)15-11(14-9)13-7-5-3-2-4-6-12/h8H,2-7,12H2,1H3,(H2,13,14,15,16). The van der Waals surface area contributed by atoms with Crippen molar-refractivity contribution in [3.05, 3.63) is 22.1 Å². The predicted octanol–water partition coefficient (Wildman–Crippen LogP) is 1.01. The highest BCUT2D eigenvalue weighted by atomic mass is 16.1. The van der Waals surface area contributed by atoms with E-state index < -0.39 is 0 Å². The molecule has 0 atom stereocenters. The summed E-state index contributed by atoms with van der Waals surface area (Å²) in [7, 11) is 0. The molecule has 0 aliphatic heterocycles. The second-order valence-electron chi connectivity index (χ2n) is 3.87. The number of H-pyrrole nitrogens is 1. The maximum atomic E-state index is 11.1. The van der Waals surface area contributed by atoms with Crippen LogP contribution in [0.15, 0.2) is 10.9 Å². The first kappa shape index (κ1) is 12.7. The van der Waals surface area contributed by atoms with Gasteiger partial charge in [-0.1, -0.05) is 12.8 Å². The van der Waals surface area contributed by atoms with E-state index in [2.05, 4.69) is 15.3 Å². The van der Waals surface area contributed by atoms with Gasteiger partial charge in [-0.05, 0) is 26.3 Å². The summed E-state index contributed by atoms with van der Waals surface area (Å²) in [4.78, 5) is 18.0. The predicted molar refractivity (Wildman–Crippen MR) is 65.6 cm³/mol. The van der Waals surface area contributed by atoms with Gasteiger partial charge in [-0.15, -0.1) is 0 Å². The Bertz CT molecular complexity index is 361. The van der Waals surface area contributed by atoms with E-state index in [1.54, 1.807) is 0 Å². The summed E-state index contributed by atoms with van der Waals surface area (Å²) in [5.74, 6) is 0.559. The topological polar surface area (TPSA) is 83.8 Å². The average molecular weight is 224 g/mol. The third-order valence-electron chi connectivity index (χ3n) is 2.29. The quantitative estimate of drug-likeness (QED) is 0.603. The second-order valence-corrected chi connectivity index (χ2v) is 3.87. The molecule has 5 nitrogen and oxygen atoms in total. The molecule has 0 fully saturated rings. The van der Waals surface area contributed by atoms with E-state index in [0.29, 0.717) is 5.95 Å².